The van der Waals surface area contributed by atoms with Gasteiger partial charge in [-0.05, 0) is 74.5 Å². The molecule has 1 aliphatic heterocycles. The molecule has 1 saturated heterocycles. The van der Waals surface area contributed by atoms with Crippen LogP contribution in [0.15, 0.2) is 53.6 Å². The average Bonchev–Trinajstić information content (AvgIpc) is 3.29. The van der Waals surface area contributed by atoms with Crippen LogP contribution < -0.4 is 5.32 Å². The number of aromatic nitrogens is 2. The van der Waals surface area contributed by atoms with Crippen molar-refractivity contribution >= 4 is 35.0 Å². The van der Waals surface area contributed by atoms with Gasteiger partial charge in [-0.15, -0.1) is 11.8 Å². The number of halogens is 1. The maximum absolute atomic E-state index is 12.9. The van der Waals surface area contributed by atoms with E-state index in [0.29, 0.717) is 21.8 Å². The predicted molar refractivity (Wildman–Crippen MR) is 144 cm³/mol. The van der Waals surface area contributed by atoms with Crippen molar-refractivity contribution in [1.29, 1.82) is 5.26 Å². The van der Waals surface area contributed by atoms with Crippen LogP contribution in [0.3, 0.4) is 0 Å². The normalized spacial score (nSPS) is 13.9. The summed E-state index contributed by atoms with van der Waals surface area (Å²) >= 11 is 7.67. The number of hydrogen-bond donors (Lipinski definition) is 1. The Kier molecular flexibility index (Phi) is 9.42. The highest BCUT2D eigenvalue weighted by molar-refractivity contribution is 7.99. The minimum atomic E-state index is -0.266. The van der Waals surface area contributed by atoms with Crippen molar-refractivity contribution in [3.8, 4) is 11.8 Å². The molecule has 2 aromatic carbocycles. The lowest BCUT2D eigenvalue weighted by Gasteiger charge is -2.26. The Labute approximate surface area is 221 Å². The third-order valence-electron chi connectivity index (χ3n) is 6.16. The number of thioether (sulfide) groups is 1. The zero-order valence-corrected chi connectivity index (χ0v) is 21.9. The number of unbranched alkanes of at least 4 members (excludes halogenated alkanes) is 2. The van der Waals surface area contributed by atoms with Gasteiger partial charge >= 0.3 is 0 Å². The fraction of sp³-hybridized carbons (Fsp3) is 0.370. The Morgan fingerprint density at radius 2 is 1.94 bits per heavy atom. The summed E-state index contributed by atoms with van der Waals surface area (Å²) < 4.78 is 7.09. The molecular weight excluding hydrogens is 494 g/mol. The molecule has 0 spiro atoms. The van der Waals surface area contributed by atoms with Crippen molar-refractivity contribution in [2.75, 3.05) is 43.9 Å². The molecule has 7 nitrogen and oxygen atoms in total. The van der Waals surface area contributed by atoms with E-state index in [-0.39, 0.29) is 5.91 Å². The van der Waals surface area contributed by atoms with Crippen LogP contribution in [0.1, 0.15) is 40.9 Å². The summed E-state index contributed by atoms with van der Waals surface area (Å²) in [5, 5.41) is 17.6. The summed E-state index contributed by atoms with van der Waals surface area (Å²) in [5.74, 6) is 0.698. The van der Waals surface area contributed by atoms with Crippen molar-refractivity contribution in [1.82, 2.24) is 14.7 Å². The number of nitriles is 1. The molecule has 0 atom stereocenters. The van der Waals surface area contributed by atoms with Gasteiger partial charge in [0, 0.05) is 28.7 Å². The van der Waals surface area contributed by atoms with E-state index in [2.05, 4.69) is 21.4 Å². The van der Waals surface area contributed by atoms with Crippen molar-refractivity contribution in [2.24, 2.45) is 0 Å². The van der Waals surface area contributed by atoms with E-state index in [4.69, 9.17) is 16.3 Å². The van der Waals surface area contributed by atoms with Gasteiger partial charge in [0.2, 0.25) is 0 Å². The van der Waals surface area contributed by atoms with Gasteiger partial charge in [0.1, 0.15) is 6.07 Å². The van der Waals surface area contributed by atoms with Gasteiger partial charge in [0.25, 0.3) is 5.91 Å². The third kappa shape index (κ3) is 6.89. The molecule has 9 heteroatoms. The molecule has 1 aromatic heterocycles. The molecular formula is C27H30ClN5O2S. The molecule has 0 aliphatic carbocycles. The fourth-order valence-electron chi connectivity index (χ4n) is 4.12. The minimum absolute atomic E-state index is 0.266. The van der Waals surface area contributed by atoms with Crippen molar-refractivity contribution in [3.63, 3.8) is 0 Å². The molecule has 3 aromatic rings. The molecule has 2 heterocycles. The van der Waals surface area contributed by atoms with Crippen LogP contribution in [0.4, 0.5) is 5.69 Å². The highest BCUT2D eigenvalue weighted by Gasteiger charge is 2.16. The van der Waals surface area contributed by atoms with Crippen LogP contribution in [0.2, 0.25) is 5.02 Å². The Balaban J connectivity index is 1.29. The smallest absolute Gasteiger partial charge is 0.259 e. The second-order valence-corrected chi connectivity index (χ2v) is 10.2. The van der Waals surface area contributed by atoms with E-state index in [1.54, 1.807) is 40.8 Å². The van der Waals surface area contributed by atoms with Crippen molar-refractivity contribution in [2.45, 2.75) is 31.1 Å². The number of morpholine rings is 1. The first-order valence-electron chi connectivity index (χ1n) is 12.1. The molecule has 1 aliphatic rings. The zero-order chi connectivity index (χ0) is 25.3. The lowest BCUT2D eigenvalue weighted by Crippen LogP contribution is -2.36. The number of rotatable bonds is 10. The van der Waals surface area contributed by atoms with E-state index in [0.717, 1.165) is 61.3 Å². The minimum Gasteiger partial charge on any atom is -0.379 e. The van der Waals surface area contributed by atoms with Crippen LogP contribution >= 0.6 is 23.4 Å². The predicted octanol–water partition coefficient (Wildman–Crippen LogP) is 5.55. The van der Waals surface area contributed by atoms with E-state index in [1.807, 2.05) is 31.2 Å². The first-order chi connectivity index (χ1) is 17.5. The monoisotopic (exact) mass is 523 g/mol. The van der Waals surface area contributed by atoms with E-state index >= 15 is 0 Å². The third-order valence-corrected chi connectivity index (χ3v) is 7.58. The zero-order valence-electron chi connectivity index (χ0n) is 20.4. The molecule has 0 bridgehead atoms. The van der Waals surface area contributed by atoms with Crippen LogP contribution in [-0.2, 0) is 4.74 Å². The molecule has 188 valence electrons. The maximum Gasteiger partial charge on any atom is 0.259 e. The summed E-state index contributed by atoms with van der Waals surface area (Å²) in [6.07, 6.45) is 5.01. The fourth-order valence-corrected chi connectivity index (χ4v) is 5.23. The molecule has 0 radical (unpaired) electrons. The second kappa shape index (κ2) is 12.9. The number of anilines is 1. The van der Waals surface area contributed by atoms with Crippen LogP contribution in [-0.4, -0.2) is 59.2 Å². The molecule has 1 amide bonds. The van der Waals surface area contributed by atoms with Gasteiger partial charge in [-0.3, -0.25) is 9.69 Å². The lowest BCUT2D eigenvalue weighted by atomic mass is 10.2. The number of benzene rings is 2. The van der Waals surface area contributed by atoms with Gasteiger partial charge in [0.05, 0.1) is 41.9 Å². The molecule has 1 N–H and O–H groups in total. The number of amides is 1. The van der Waals surface area contributed by atoms with Gasteiger partial charge in [-0.2, -0.15) is 10.4 Å². The molecule has 0 saturated carbocycles. The Morgan fingerprint density at radius 1 is 1.17 bits per heavy atom. The topological polar surface area (TPSA) is 83.2 Å². The van der Waals surface area contributed by atoms with Crippen LogP contribution in [0.5, 0.6) is 0 Å². The van der Waals surface area contributed by atoms with E-state index in [1.165, 1.54) is 12.8 Å². The van der Waals surface area contributed by atoms with E-state index < -0.39 is 0 Å². The van der Waals surface area contributed by atoms with E-state index in [9.17, 15) is 10.1 Å². The number of ether oxygens (including phenoxy) is 1. The maximum atomic E-state index is 12.9. The number of carbonyl (C=O) groups excluding carboxylic acids is 1. The molecule has 36 heavy (non-hydrogen) atoms. The number of nitrogens with one attached hydrogen (secondary N) is 1. The summed E-state index contributed by atoms with van der Waals surface area (Å²) in [5.41, 5.74) is 3.17. The SMILES string of the molecule is Cc1c(C(=O)Nc2ccc(SCCCCCN3CCOCC3)c(C#N)c2)cnn1-c1ccc(Cl)cc1. The molecule has 1 fully saturated rings. The lowest BCUT2D eigenvalue weighted by molar-refractivity contribution is 0.0372. The Bertz CT molecular complexity index is 1220. The van der Waals surface area contributed by atoms with Gasteiger partial charge in [-0.25, -0.2) is 4.68 Å². The Morgan fingerprint density at radius 3 is 2.69 bits per heavy atom. The summed E-state index contributed by atoms with van der Waals surface area (Å²) in [6, 6.07) is 15.0. The van der Waals surface area contributed by atoms with Crippen molar-refractivity contribution in [3.05, 3.63) is 70.5 Å². The number of nitrogens with zero attached hydrogens (tertiary/aromatic N) is 4. The van der Waals surface area contributed by atoms with Crippen LogP contribution in [0.25, 0.3) is 5.69 Å². The van der Waals surface area contributed by atoms with Crippen LogP contribution in [0, 0.1) is 18.3 Å². The quantitative estimate of drug-likeness (QED) is 0.277. The van der Waals surface area contributed by atoms with Gasteiger partial charge in [-0.1, -0.05) is 18.0 Å². The highest BCUT2D eigenvalue weighted by Crippen LogP contribution is 2.27. The Hall–Kier alpha value is -2.83. The van der Waals surface area contributed by atoms with Gasteiger partial charge < -0.3 is 10.1 Å². The first kappa shape index (κ1) is 26.2. The summed E-state index contributed by atoms with van der Waals surface area (Å²) in [7, 11) is 0. The first-order valence-corrected chi connectivity index (χ1v) is 13.5. The highest BCUT2D eigenvalue weighted by atomic mass is 35.5. The molecule has 0 unspecified atom stereocenters. The standard InChI is InChI=1S/C27H30ClN5O2S/c1-20-25(19-30-33(20)24-8-5-22(28)6-9-24)27(34)31-23-7-10-26(21(17-23)18-29)36-16-4-2-3-11-32-12-14-35-15-13-32/h5-10,17,19H,2-4,11-16H2,1H3,(H,31,34). The number of carbonyl (C=O) groups is 1. The van der Waals surface area contributed by atoms with Gasteiger partial charge in [0.15, 0.2) is 0 Å². The van der Waals surface area contributed by atoms with Crippen molar-refractivity contribution < 1.29 is 9.53 Å². The average molecular weight is 524 g/mol. The number of hydrogen-bond acceptors (Lipinski definition) is 6. The largest absolute Gasteiger partial charge is 0.379 e. The summed E-state index contributed by atoms with van der Waals surface area (Å²) in [4.78, 5) is 16.3. The second-order valence-electron chi connectivity index (χ2n) is 8.67. The summed E-state index contributed by atoms with van der Waals surface area (Å²) in [6.45, 7) is 6.73. The molecule has 4 rings (SSSR count).